The molecule has 170 valence electrons. The van der Waals surface area contributed by atoms with Crippen LogP contribution in [0.2, 0.25) is 0 Å². The molecule has 1 aliphatic rings. The van der Waals surface area contributed by atoms with Crippen LogP contribution in [-0.4, -0.2) is 16.8 Å². The van der Waals surface area contributed by atoms with Gasteiger partial charge in [0.15, 0.2) is 0 Å². The molecule has 1 N–H and O–H groups in total. The van der Waals surface area contributed by atoms with E-state index >= 15 is 0 Å². The molecule has 3 aromatic rings. The lowest BCUT2D eigenvalue weighted by atomic mass is 10.1. The lowest BCUT2D eigenvalue weighted by Gasteiger charge is -2.14. The zero-order chi connectivity index (χ0) is 24.2. The zero-order valence-corrected chi connectivity index (χ0v) is 21.8. The summed E-state index contributed by atoms with van der Waals surface area (Å²) in [6, 6.07) is 18.5. The second kappa shape index (κ2) is 10.5. The summed E-state index contributed by atoms with van der Waals surface area (Å²) in [4.78, 5) is 26.4. The van der Waals surface area contributed by atoms with E-state index in [1.54, 1.807) is 30.3 Å². The van der Waals surface area contributed by atoms with Crippen LogP contribution in [0.25, 0.3) is 6.08 Å². The number of hydrogen-bond acceptors (Lipinski definition) is 4. The van der Waals surface area contributed by atoms with Crippen LogP contribution in [0.5, 0.6) is 5.75 Å². The van der Waals surface area contributed by atoms with Crippen LogP contribution in [0.4, 0.5) is 9.18 Å². The van der Waals surface area contributed by atoms with Crippen LogP contribution in [0.1, 0.15) is 22.3 Å². The maximum atomic E-state index is 14.0. The van der Waals surface area contributed by atoms with E-state index in [4.69, 9.17) is 4.74 Å². The number of urea groups is 1. The van der Waals surface area contributed by atoms with Gasteiger partial charge in [-0.1, -0.05) is 36.4 Å². The highest BCUT2D eigenvalue weighted by Gasteiger charge is 2.34. The fourth-order valence-corrected chi connectivity index (χ4v) is 5.46. The van der Waals surface area contributed by atoms with Crippen molar-refractivity contribution in [1.82, 2.24) is 10.2 Å². The van der Waals surface area contributed by atoms with Crippen molar-refractivity contribution in [3.05, 3.63) is 102 Å². The van der Waals surface area contributed by atoms with Crippen molar-refractivity contribution in [1.29, 1.82) is 5.26 Å². The van der Waals surface area contributed by atoms with Gasteiger partial charge in [-0.15, -0.1) is 0 Å². The summed E-state index contributed by atoms with van der Waals surface area (Å²) in [6.07, 6.45) is 1.55. The minimum absolute atomic E-state index is 0.0708. The van der Waals surface area contributed by atoms with Crippen molar-refractivity contribution in [2.24, 2.45) is 0 Å². The van der Waals surface area contributed by atoms with Gasteiger partial charge < -0.3 is 10.1 Å². The van der Waals surface area contributed by atoms with Gasteiger partial charge in [-0.2, -0.15) is 5.26 Å². The van der Waals surface area contributed by atoms with E-state index < -0.39 is 17.8 Å². The normalized spacial score (nSPS) is 14.3. The van der Waals surface area contributed by atoms with Crippen molar-refractivity contribution in [2.75, 3.05) is 0 Å². The molecular weight excluding hydrogens is 663 g/mol. The molecule has 9 heteroatoms. The predicted octanol–water partition coefficient (Wildman–Crippen LogP) is 5.58. The number of ether oxygens (including phenoxy) is 1. The van der Waals surface area contributed by atoms with E-state index in [0.29, 0.717) is 16.9 Å². The monoisotopic (exact) mass is 679 g/mol. The summed E-state index contributed by atoms with van der Waals surface area (Å²) >= 11 is 4.30. The van der Waals surface area contributed by atoms with Crippen molar-refractivity contribution in [3.63, 3.8) is 0 Å². The molecular formula is C25H16FI2N3O3. The summed E-state index contributed by atoms with van der Waals surface area (Å²) in [5.74, 6) is -0.514. The fraction of sp³-hybridized carbons (Fsp3) is 0.0800. The molecule has 0 atom stereocenters. The number of imide groups is 1. The summed E-state index contributed by atoms with van der Waals surface area (Å²) in [5, 5.41) is 11.9. The molecule has 3 aromatic carbocycles. The highest BCUT2D eigenvalue weighted by molar-refractivity contribution is 14.1. The van der Waals surface area contributed by atoms with Crippen molar-refractivity contribution in [3.8, 4) is 11.8 Å². The molecule has 0 radical (unpaired) electrons. The fourth-order valence-electron chi connectivity index (χ4n) is 3.41. The third-order valence-electron chi connectivity index (χ3n) is 5.10. The Labute approximate surface area is 222 Å². The molecule has 1 heterocycles. The lowest BCUT2D eigenvalue weighted by molar-refractivity contribution is -0.123. The van der Waals surface area contributed by atoms with Gasteiger partial charge in [0, 0.05) is 20.3 Å². The van der Waals surface area contributed by atoms with Crippen LogP contribution in [0.15, 0.2) is 66.4 Å². The van der Waals surface area contributed by atoms with Gasteiger partial charge in [-0.25, -0.2) is 9.18 Å². The summed E-state index contributed by atoms with van der Waals surface area (Å²) in [7, 11) is 0. The molecule has 0 unspecified atom stereocenters. The van der Waals surface area contributed by atoms with Gasteiger partial charge in [0.25, 0.3) is 5.91 Å². The smallest absolute Gasteiger partial charge is 0.329 e. The van der Waals surface area contributed by atoms with Crippen LogP contribution in [0.3, 0.4) is 0 Å². The van der Waals surface area contributed by atoms with E-state index in [1.165, 1.54) is 12.1 Å². The van der Waals surface area contributed by atoms with E-state index in [0.717, 1.165) is 17.6 Å². The molecule has 1 aliphatic heterocycles. The Bertz CT molecular complexity index is 1370. The Morgan fingerprint density at radius 1 is 1.06 bits per heavy atom. The summed E-state index contributed by atoms with van der Waals surface area (Å²) < 4.78 is 21.8. The number of benzene rings is 3. The van der Waals surface area contributed by atoms with E-state index in [2.05, 4.69) is 56.6 Å². The van der Waals surface area contributed by atoms with Gasteiger partial charge in [0.2, 0.25) is 0 Å². The average Bonchev–Trinajstić information content (AvgIpc) is 3.07. The quantitative estimate of drug-likeness (QED) is 0.210. The molecule has 1 saturated heterocycles. The number of carbonyl (C=O) groups excluding carboxylic acids is 2. The lowest BCUT2D eigenvalue weighted by Crippen LogP contribution is -2.30. The minimum Gasteiger partial charge on any atom is -0.487 e. The number of hydrogen-bond donors (Lipinski definition) is 1. The van der Waals surface area contributed by atoms with Crippen LogP contribution >= 0.6 is 45.2 Å². The predicted molar refractivity (Wildman–Crippen MR) is 141 cm³/mol. The topological polar surface area (TPSA) is 82.4 Å². The average molecular weight is 679 g/mol. The van der Waals surface area contributed by atoms with Crippen LogP contribution in [-0.2, 0) is 17.9 Å². The molecule has 0 aromatic heterocycles. The molecule has 0 aliphatic carbocycles. The van der Waals surface area contributed by atoms with E-state index in [1.807, 2.05) is 24.3 Å². The SMILES string of the molecule is N#Cc1ccccc1COc1c(I)cc(I)cc1/C=C1/NC(=O)N(Cc2ccccc2F)C1=O. The highest BCUT2D eigenvalue weighted by atomic mass is 127. The van der Waals surface area contributed by atoms with Gasteiger partial charge in [0.1, 0.15) is 23.9 Å². The van der Waals surface area contributed by atoms with Gasteiger partial charge in [-0.3, -0.25) is 9.69 Å². The number of nitriles is 1. The Balaban J connectivity index is 1.62. The highest BCUT2D eigenvalue weighted by Crippen LogP contribution is 2.32. The first kappa shape index (κ1) is 24.2. The van der Waals surface area contributed by atoms with Gasteiger partial charge >= 0.3 is 6.03 Å². The summed E-state index contributed by atoms with van der Waals surface area (Å²) in [6.45, 7) is -0.0109. The van der Waals surface area contributed by atoms with Crippen molar-refractivity contribution in [2.45, 2.75) is 13.2 Å². The zero-order valence-electron chi connectivity index (χ0n) is 17.5. The van der Waals surface area contributed by atoms with Crippen molar-refractivity contribution < 1.29 is 18.7 Å². The van der Waals surface area contributed by atoms with Gasteiger partial charge in [0.05, 0.1) is 21.7 Å². The first-order valence-corrected chi connectivity index (χ1v) is 12.2. The second-order valence-electron chi connectivity index (χ2n) is 7.33. The summed E-state index contributed by atoms with van der Waals surface area (Å²) in [5.41, 5.74) is 2.17. The first-order chi connectivity index (χ1) is 16.4. The number of rotatable bonds is 6. The molecule has 34 heavy (non-hydrogen) atoms. The van der Waals surface area contributed by atoms with Gasteiger partial charge in [-0.05, 0) is 75.5 Å². The van der Waals surface area contributed by atoms with Crippen LogP contribution in [0, 0.1) is 24.3 Å². The molecule has 0 saturated carbocycles. The maximum absolute atomic E-state index is 14.0. The number of nitrogens with one attached hydrogen (secondary N) is 1. The van der Waals surface area contributed by atoms with Crippen molar-refractivity contribution >= 4 is 63.2 Å². The molecule has 0 bridgehead atoms. The van der Waals surface area contributed by atoms with E-state index in [-0.39, 0.29) is 24.4 Å². The largest absolute Gasteiger partial charge is 0.487 e. The molecule has 4 rings (SSSR count). The maximum Gasteiger partial charge on any atom is 0.329 e. The number of halogens is 3. The third kappa shape index (κ3) is 5.23. The standard InChI is InChI=1S/C25H16FI2N3O3/c26-20-8-4-3-6-16(20)13-31-24(32)22(30-25(31)33)10-18-9-19(27)11-21(28)23(18)34-14-17-7-2-1-5-15(17)12-29/h1-11H,13-14H2,(H,30,33)/b22-10+. The minimum atomic E-state index is -0.620. The molecule has 0 spiro atoms. The number of amides is 3. The number of carbonyl (C=O) groups is 2. The Kier molecular flexibility index (Phi) is 7.47. The Morgan fingerprint density at radius 2 is 1.76 bits per heavy atom. The Hall–Kier alpha value is -2.98. The second-order valence-corrected chi connectivity index (χ2v) is 9.74. The first-order valence-electron chi connectivity index (χ1n) is 10.0. The van der Waals surface area contributed by atoms with Crippen LogP contribution < -0.4 is 10.1 Å². The molecule has 6 nitrogen and oxygen atoms in total. The van der Waals surface area contributed by atoms with E-state index in [9.17, 15) is 19.2 Å². The Morgan fingerprint density at radius 3 is 2.50 bits per heavy atom. The molecule has 3 amide bonds. The number of nitrogens with zero attached hydrogens (tertiary/aromatic N) is 2. The molecule has 1 fully saturated rings. The third-order valence-corrected chi connectivity index (χ3v) is 6.52.